The van der Waals surface area contributed by atoms with Gasteiger partial charge in [0.25, 0.3) is 0 Å². The third kappa shape index (κ3) is 3.12. The highest BCUT2D eigenvalue weighted by Gasteiger charge is 2.51. The van der Waals surface area contributed by atoms with Crippen LogP contribution in [0.25, 0.3) is 0 Å². The molecular weight excluding hydrogens is 368 g/mol. The number of nitrogens with zero attached hydrogens (tertiary/aromatic N) is 2. The van der Waals surface area contributed by atoms with Crippen LogP contribution in [0.4, 0.5) is 5.69 Å². The molecule has 2 aliphatic rings. The van der Waals surface area contributed by atoms with Gasteiger partial charge in [0, 0.05) is 25.8 Å². The number of hydrogen-bond acceptors (Lipinski definition) is 4. The van der Waals surface area contributed by atoms with E-state index >= 15 is 0 Å². The maximum atomic E-state index is 13.0. The lowest BCUT2D eigenvalue weighted by atomic mass is 9.73. The van der Waals surface area contributed by atoms with Crippen LogP contribution in [0.3, 0.4) is 0 Å². The van der Waals surface area contributed by atoms with E-state index in [1.807, 2.05) is 48.3 Å². The van der Waals surface area contributed by atoms with Crippen molar-refractivity contribution in [2.45, 2.75) is 24.7 Å². The fraction of sp³-hybridized carbons (Fsp3) is 0.391. The number of piperidine rings is 1. The summed E-state index contributed by atoms with van der Waals surface area (Å²) in [6.45, 7) is 1.17. The summed E-state index contributed by atoms with van der Waals surface area (Å²) in [5, 5.41) is 0. The van der Waals surface area contributed by atoms with Gasteiger partial charge in [0.05, 0.1) is 26.1 Å². The molecule has 2 aliphatic heterocycles. The number of para-hydroxylation sites is 1. The zero-order valence-corrected chi connectivity index (χ0v) is 17.1. The summed E-state index contributed by atoms with van der Waals surface area (Å²) in [5.41, 5.74) is 2.47. The van der Waals surface area contributed by atoms with Crippen molar-refractivity contribution in [2.75, 3.05) is 39.3 Å². The van der Waals surface area contributed by atoms with Crippen molar-refractivity contribution in [1.29, 1.82) is 0 Å². The molecule has 0 N–H and O–H groups in total. The number of hydrogen-bond donors (Lipinski definition) is 0. The largest absolute Gasteiger partial charge is 0.493 e. The molecule has 2 amide bonds. The Kier molecular flexibility index (Phi) is 4.94. The molecule has 29 heavy (non-hydrogen) atoms. The van der Waals surface area contributed by atoms with E-state index in [-0.39, 0.29) is 11.8 Å². The molecule has 2 aromatic rings. The number of carbonyl (C=O) groups is 2. The van der Waals surface area contributed by atoms with Gasteiger partial charge in [-0.15, -0.1) is 0 Å². The second-order valence-corrected chi connectivity index (χ2v) is 7.71. The molecule has 0 saturated carbocycles. The number of methoxy groups -OCH3 is 2. The van der Waals surface area contributed by atoms with Crippen LogP contribution in [0.1, 0.15) is 24.0 Å². The lowest BCUT2D eigenvalue weighted by Crippen LogP contribution is -2.49. The average molecular weight is 394 g/mol. The number of carbonyl (C=O) groups excluding carboxylic acids is 2. The molecule has 6 heteroatoms. The predicted molar refractivity (Wildman–Crippen MR) is 111 cm³/mol. The number of likely N-dealkylation sites (tertiary alicyclic amines) is 1. The lowest BCUT2D eigenvalue weighted by Gasteiger charge is -2.38. The van der Waals surface area contributed by atoms with E-state index in [2.05, 4.69) is 6.07 Å². The Labute approximate surface area is 171 Å². The topological polar surface area (TPSA) is 59.1 Å². The van der Waals surface area contributed by atoms with Gasteiger partial charge in [-0.2, -0.15) is 0 Å². The molecule has 4 rings (SSSR count). The number of rotatable bonds is 4. The molecule has 0 aromatic heterocycles. The number of ether oxygens (including phenoxy) is 2. The van der Waals surface area contributed by atoms with Gasteiger partial charge in [0.1, 0.15) is 0 Å². The fourth-order valence-corrected chi connectivity index (χ4v) is 4.61. The Morgan fingerprint density at radius 1 is 1.03 bits per heavy atom. The molecule has 0 atom stereocenters. The van der Waals surface area contributed by atoms with Crippen molar-refractivity contribution in [2.24, 2.45) is 0 Å². The molecule has 2 aromatic carbocycles. The third-order valence-electron chi connectivity index (χ3n) is 6.27. The Balaban J connectivity index is 1.46. The van der Waals surface area contributed by atoms with Crippen molar-refractivity contribution in [3.05, 3.63) is 53.6 Å². The smallest absolute Gasteiger partial charge is 0.237 e. The summed E-state index contributed by atoms with van der Waals surface area (Å²) in [4.78, 5) is 29.5. The minimum Gasteiger partial charge on any atom is -0.493 e. The van der Waals surface area contributed by atoms with E-state index in [1.54, 1.807) is 19.1 Å². The molecule has 0 radical (unpaired) electrons. The van der Waals surface area contributed by atoms with Gasteiger partial charge in [-0.1, -0.05) is 24.3 Å². The van der Waals surface area contributed by atoms with Gasteiger partial charge >= 0.3 is 0 Å². The molecular formula is C23H26N2O4. The van der Waals surface area contributed by atoms with Gasteiger partial charge < -0.3 is 19.3 Å². The van der Waals surface area contributed by atoms with Gasteiger partial charge in [-0.25, -0.2) is 0 Å². The van der Waals surface area contributed by atoms with Crippen LogP contribution >= 0.6 is 0 Å². The monoisotopic (exact) mass is 394 g/mol. The van der Waals surface area contributed by atoms with Crippen molar-refractivity contribution < 1.29 is 19.1 Å². The number of benzene rings is 2. The standard InChI is InChI=1S/C23H26N2O4/c1-24-18-7-5-4-6-17(18)23(22(24)27)10-12-25(13-11-23)21(26)15-16-8-9-19(28-2)20(14-16)29-3/h4-9,14H,10-13,15H2,1-3H3. The summed E-state index contributed by atoms with van der Waals surface area (Å²) in [5.74, 6) is 1.47. The number of fused-ring (bicyclic) bond motifs is 2. The predicted octanol–water partition coefficient (Wildman–Crippen LogP) is 2.78. The summed E-state index contributed by atoms with van der Waals surface area (Å²) < 4.78 is 10.6. The Bertz CT molecular complexity index is 948. The Morgan fingerprint density at radius 3 is 2.41 bits per heavy atom. The summed E-state index contributed by atoms with van der Waals surface area (Å²) >= 11 is 0. The number of anilines is 1. The van der Waals surface area contributed by atoms with Crippen LogP contribution in [-0.4, -0.2) is 51.1 Å². The van der Waals surface area contributed by atoms with Gasteiger partial charge in [-0.05, 0) is 42.2 Å². The molecule has 0 aliphatic carbocycles. The third-order valence-corrected chi connectivity index (χ3v) is 6.27. The highest BCUT2D eigenvalue weighted by molar-refractivity contribution is 6.07. The zero-order chi connectivity index (χ0) is 20.6. The second-order valence-electron chi connectivity index (χ2n) is 7.71. The van der Waals surface area contributed by atoms with Gasteiger partial charge in [0.2, 0.25) is 11.8 Å². The first-order valence-electron chi connectivity index (χ1n) is 9.86. The molecule has 1 spiro atoms. The van der Waals surface area contributed by atoms with E-state index in [0.29, 0.717) is 43.9 Å². The van der Waals surface area contributed by atoms with Gasteiger partial charge in [0.15, 0.2) is 11.5 Å². The van der Waals surface area contributed by atoms with Crippen LogP contribution in [0.5, 0.6) is 11.5 Å². The maximum Gasteiger partial charge on any atom is 0.237 e. The second kappa shape index (κ2) is 7.43. The minimum absolute atomic E-state index is 0.0687. The zero-order valence-electron chi connectivity index (χ0n) is 17.1. The summed E-state index contributed by atoms with van der Waals surface area (Å²) in [6.07, 6.45) is 1.62. The van der Waals surface area contributed by atoms with Gasteiger partial charge in [-0.3, -0.25) is 9.59 Å². The first-order chi connectivity index (χ1) is 14.0. The maximum absolute atomic E-state index is 13.0. The Morgan fingerprint density at radius 2 is 1.72 bits per heavy atom. The quantitative estimate of drug-likeness (QED) is 0.800. The number of amides is 2. The van der Waals surface area contributed by atoms with E-state index < -0.39 is 5.41 Å². The Hall–Kier alpha value is -3.02. The summed E-state index contributed by atoms with van der Waals surface area (Å²) in [6, 6.07) is 13.5. The van der Waals surface area contributed by atoms with Crippen LogP contribution in [0, 0.1) is 0 Å². The highest BCUT2D eigenvalue weighted by atomic mass is 16.5. The normalized spacial score (nSPS) is 17.4. The molecule has 0 unspecified atom stereocenters. The van der Waals surface area contributed by atoms with Crippen molar-refractivity contribution in [3.63, 3.8) is 0 Å². The minimum atomic E-state index is -0.495. The lowest BCUT2D eigenvalue weighted by molar-refractivity contribution is -0.135. The van der Waals surface area contributed by atoms with Crippen molar-refractivity contribution in [1.82, 2.24) is 4.90 Å². The summed E-state index contributed by atoms with van der Waals surface area (Å²) in [7, 11) is 5.01. The molecule has 0 bridgehead atoms. The SMILES string of the molecule is COc1ccc(CC(=O)N2CCC3(CC2)C(=O)N(C)c2ccccc23)cc1OC. The molecule has 1 saturated heterocycles. The number of likely N-dealkylation sites (N-methyl/N-ethyl adjacent to an activating group) is 1. The molecule has 152 valence electrons. The van der Waals surface area contributed by atoms with E-state index in [0.717, 1.165) is 16.8 Å². The van der Waals surface area contributed by atoms with Crippen LogP contribution in [0.15, 0.2) is 42.5 Å². The van der Waals surface area contributed by atoms with Crippen LogP contribution in [0.2, 0.25) is 0 Å². The fourth-order valence-electron chi connectivity index (χ4n) is 4.61. The van der Waals surface area contributed by atoms with Crippen LogP contribution in [-0.2, 0) is 21.4 Å². The van der Waals surface area contributed by atoms with Crippen molar-refractivity contribution in [3.8, 4) is 11.5 Å². The molecule has 2 heterocycles. The van der Waals surface area contributed by atoms with E-state index in [1.165, 1.54) is 0 Å². The van der Waals surface area contributed by atoms with Crippen molar-refractivity contribution >= 4 is 17.5 Å². The highest BCUT2D eigenvalue weighted by Crippen LogP contribution is 2.47. The van der Waals surface area contributed by atoms with E-state index in [4.69, 9.17) is 9.47 Å². The van der Waals surface area contributed by atoms with E-state index in [9.17, 15) is 9.59 Å². The molecule has 1 fully saturated rings. The molecule has 6 nitrogen and oxygen atoms in total. The average Bonchev–Trinajstić information content (AvgIpc) is 2.96. The first-order valence-corrected chi connectivity index (χ1v) is 9.86. The first kappa shape index (κ1) is 19.3. The van der Waals surface area contributed by atoms with Crippen LogP contribution < -0.4 is 14.4 Å².